The van der Waals surface area contributed by atoms with Crippen LogP contribution < -0.4 is 10.0 Å². The summed E-state index contributed by atoms with van der Waals surface area (Å²) in [5.74, 6) is -2.32. The van der Waals surface area contributed by atoms with E-state index in [0.29, 0.717) is 11.8 Å². The van der Waals surface area contributed by atoms with Crippen LogP contribution in [0.5, 0.6) is 0 Å². The highest BCUT2D eigenvalue weighted by molar-refractivity contribution is 7.93. The number of halogens is 2. The molecule has 0 saturated carbocycles. The standard InChI is InChI=1S/C12H13F2N3O2S2/c1-7(15-2)11-6-20-12(16-11)17-21(18,19)8-3-4-9(13)10(14)5-8/h3-7,15H,1-2H3,(H,16,17). The Morgan fingerprint density at radius 3 is 2.62 bits per heavy atom. The second-order valence-electron chi connectivity index (χ2n) is 4.27. The summed E-state index contributed by atoms with van der Waals surface area (Å²) in [5, 5.41) is 4.85. The number of aromatic nitrogens is 1. The first kappa shape index (κ1) is 15.8. The molecule has 0 bridgehead atoms. The minimum atomic E-state index is -4.00. The lowest BCUT2D eigenvalue weighted by Gasteiger charge is -2.07. The van der Waals surface area contributed by atoms with Gasteiger partial charge in [-0.15, -0.1) is 11.3 Å². The van der Waals surface area contributed by atoms with Crippen LogP contribution in [0.3, 0.4) is 0 Å². The summed E-state index contributed by atoms with van der Waals surface area (Å²) in [6, 6.07) is 2.36. The zero-order chi connectivity index (χ0) is 15.6. The molecular formula is C12H13F2N3O2S2. The lowest BCUT2D eigenvalue weighted by molar-refractivity contribution is 0.504. The van der Waals surface area contributed by atoms with Gasteiger partial charge in [-0.25, -0.2) is 22.2 Å². The first-order valence-corrected chi connectivity index (χ1v) is 8.30. The average molecular weight is 333 g/mol. The SMILES string of the molecule is CNC(C)c1csc(NS(=O)(=O)c2ccc(F)c(F)c2)n1. The molecule has 2 N–H and O–H groups in total. The van der Waals surface area contributed by atoms with Crippen LogP contribution in [0.2, 0.25) is 0 Å². The monoisotopic (exact) mass is 333 g/mol. The van der Waals surface area contributed by atoms with Crippen molar-refractivity contribution < 1.29 is 17.2 Å². The van der Waals surface area contributed by atoms with Crippen LogP contribution in [0.25, 0.3) is 0 Å². The van der Waals surface area contributed by atoms with Crippen molar-refractivity contribution in [2.75, 3.05) is 11.8 Å². The molecular weight excluding hydrogens is 320 g/mol. The van der Waals surface area contributed by atoms with Crippen LogP contribution in [0.4, 0.5) is 13.9 Å². The lowest BCUT2D eigenvalue weighted by Crippen LogP contribution is -2.15. The molecule has 0 aliphatic rings. The Balaban J connectivity index is 2.24. The molecule has 2 rings (SSSR count). The summed E-state index contributed by atoms with van der Waals surface area (Å²) in [6.45, 7) is 1.88. The van der Waals surface area contributed by atoms with Crippen molar-refractivity contribution in [2.45, 2.75) is 17.9 Å². The molecule has 2 aromatic rings. The fourth-order valence-electron chi connectivity index (χ4n) is 1.50. The van der Waals surface area contributed by atoms with Gasteiger partial charge >= 0.3 is 0 Å². The maximum Gasteiger partial charge on any atom is 0.263 e. The Labute approximate surface area is 125 Å². The lowest BCUT2D eigenvalue weighted by atomic mass is 10.3. The molecule has 9 heteroatoms. The molecule has 0 radical (unpaired) electrons. The van der Waals surface area contributed by atoms with Crippen molar-refractivity contribution in [3.63, 3.8) is 0 Å². The fraction of sp³-hybridized carbons (Fsp3) is 0.250. The molecule has 1 atom stereocenters. The van der Waals surface area contributed by atoms with Crippen molar-refractivity contribution in [1.82, 2.24) is 10.3 Å². The van der Waals surface area contributed by atoms with E-state index in [1.165, 1.54) is 0 Å². The molecule has 114 valence electrons. The van der Waals surface area contributed by atoms with Crippen molar-refractivity contribution in [2.24, 2.45) is 0 Å². The van der Waals surface area contributed by atoms with E-state index in [1.54, 1.807) is 12.4 Å². The second kappa shape index (κ2) is 6.04. The van der Waals surface area contributed by atoms with Gasteiger partial charge in [0.1, 0.15) is 0 Å². The van der Waals surface area contributed by atoms with Crippen molar-refractivity contribution in [1.29, 1.82) is 0 Å². The molecule has 0 spiro atoms. The van der Waals surface area contributed by atoms with E-state index < -0.39 is 21.7 Å². The van der Waals surface area contributed by atoms with Gasteiger partial charge in [0, 0.05) is 11.4 Å². The molecule has 1 heterocycles. The van der Waals surface area contributed by atoms with E-state index in [2.05, 4.69) is 15.0 Å². The Hall–Kier alpha value is -1.58. The molecule has 1 unspecified atom stereocenters. The number of nitrogens with one attached hydrogen (secondary N) is 2. The van der Waals surface area contributed by atoms with Crippen molar-refractivity contribution in [3.05, 3.63) is 40.9 Å². The second-order valence-corrected chi connectivity index (χ2v) is 6.81. The highest BCUT2D eigenvalue weighted by Crippen LogP contribution is 2.23. The topological polar surface area (TPSA) is 71.1 Å². The zero-order valence-electron chi connectivity index (χ0n) is 11.2. The van der Waals surface area contributed by atoms with Gasteiger partial charge in [-0.05, 0) is 32.2 Å². The summed E-state index contributed by atoms with van der Waals surface area (Å²) in [6.07, 6.45) is 0. The average Bonchev–Trinajstić information content (AvgIpc) is 2.88. The molecule has 0 amide bonds. The van der Waals surface area contributed by atoms with Crippen LogP contribution in [0, 0.1) is 11.6 Å². The molecule has 0 aliphatic carbocycles. The predicted octanol–water partition coefficient (Wildman–Crippen LogP) is 2.50. The number of benzene rings is 1. The molecule has 0 fully saturated rings. The highest BCUT2D eigenvalue weighted by Gasteiger charge is 2.19. The van der Waals surface area contributed by atoms with Gasteiger partial charge in [0.25, 0.3) is 10.0 Å². The quantitative estimate of drug-likeness (QED) is 0.882. The van der Waals surface area contributed by atoms with E-state index in [-0.39, 0.29) is 16.1 Å². The van der Waals surface area contributed by atoms with Gasteiger partial charge in [0.05, 0.1) is 10.6 Å². The van der Waals surface area contributed by atoms with Gasteiger partial charge in [0.15, 0.2) is 16.8 Å². The summed E-state index contributed by atoms with van der Waals surface area (Å²) in [4.78, 5) is 3.77. The number of rotatable bonds is 5. The van der Waals surface area contributed by atoms with E-state index in [0.717, 1.165) is 23.5 Å². The first-order valence-electron chi connectivity index (χ1n) is 5.94. The minimum Gasteiger partial charge on any atom is -0.312 e. The maximum atomic E-state index is 13.1. The predicted molar refractivity (Wildman–Crippen MR) is 76.8 cm³/mol. The first-order chi connectivity index (χ1) is 9.83. The van der Waals surface area contributed by atoms with Gasteiger partial charge in [-0.3, -0.25) is 4.72 Å². The molecule has 1 aromatic heterocycles. The van der Waals surface area contributed by atoms with Gasteiger partial charge < -0.3 is 5.32 Å². The fourth-order valence-corrected chi connectivity index (χ4v) is 3.57. The Kier molecular flexibility index (Phi) is 4.55. The zero-order valence-corrected chi connectivity index (χ0v) is 12.9. The molecule has 0 aliphatic heterocycles. The van der Waals surface area contributed by atoms with Gasteiger partial charge in [0.2, 0.25) is 0 Å². The van der Waals surface area contributed by atoms with E-state index >= 15 is 0 Å². The Bertz CT molecular complexity index is 747. The van der Waals surface area contributed by atoms with Crippen LogP contribution in [0.15, 0.2) is 28.5 Å². The minimum absolute atomic E-state index is 0.0252. The molecule has 1 aromatic carbocycles. The number of anilines is 1. The van der Waals surface area contributed by atoms with Crippen LogP contribution in [-0.4, -0.2) is 20.4 Å². The number of hydrogen-bond donors (Lipinski definition) is 2. The van der Waals surface area contributed by atoms with Crippen molar-refractivity contribution in [3.8, 4) is 0 Å². The molecule has 0 saturated heterocycles. The third kappa shape index (κ3) is 3.55. The number of sulfonamides is 1. The third-order valence-electron chi connectivity index (χ3n) is 2.82. The van der Waals surface area contributed by atoms with Crippen LogP contribution in [0.1, 0.15) is 18.7 Å². The number of hydrogen-bond acceptors (Lipinski definition) is 5. The molecule has 5 nitrogen and oxygen atoms in total. The largest absolute Gasteiger partial charge is 0.312 e. The molecule has 21 heavy (non-hydrogen) atoms. The van der Waals surface area contributed by atoms with E-state index in [1.807, 2.05) is 6.92 Å². The maximum absolute atomic E-state index is 13.1. The summed E-state index contributed by atoms with van der Waals surface area (Å²) in [7, 11) is -2.24. The van der Waals surface area contributed by atoms with Crippen LogP contribution >= 0.6 is 11.3 Å². The van der Waals surface area contributed by atoms with E-state index in [4.69, 9.17) is 0 Å². The highest BCUT2D eigenvalue weighted by atomic mass is 32.2. The normalized spacial score (nSPS) is 13.1. The summed E-state index contributed by atoms with van der Waals surface area (Å²) in [5.41, 5.74) is 0.686. The van der Waals surface area contributed by atoms with Crippen molar-refractivity contribution >= 4 is 26.5 Å². The number of nitrogens with zero attached hydrogens (tertiary/aromatic N) is 1. The number of thiazole rings is 1. The van der Waals surface area contributed by atoms with Gasteiger partial charge in [-0.1, -0.05) is 0 Å². The Morgan fingerprint density at radius 2 is 2.00 bits per heavy atom. The smallest absolute Gasteiger partial charge is 0.263 e. The van der Waals surface area contributed by atoms with E-state index in [9.17, 15) is 17.2 Å². The third-order valence-corrected chi connectivity index (χ3v) is 5.06. The summed E-state index contributed by atoms with van der Waals surface area (Å²) >= 11 is 1.11. The van der Waals surface area contributed by atoms with Crippen LogP contribution in [-0.2, 0) is 10.0 Å². The summed E-state index contributed by atoms with van der Waals surface area (Å²) < 4.78 is 52.3. The van der Waals surface area contributed by atoms with Gasteiger partial charge in [-0.2, -0.15) is 0 Å². The Morgan fingerprint density at radius 1 is 1.29 bits per heavy atom.